The summed E-state index contributed by atoms with van der Waals surface area (Å²) in [5, 5.41) is 12.4. The lowest BCUT2D eigenvalue weighted by molar-refractivity contribution is -0.356. The fourth-order valence-electron chi connectivity index (χ4n) is 2.48. The second kappa shape index (κ2) is 5.12. The number of benzene rings is 2. The lowest BCUT2D eigenvalue weighted by atomic mass is 10.0. The number of nitrogens with zero attached hydrogens (tertiary/aromatic N) is 1. The molecule has 0 N–H and O–H groups in total. The Bertz CT molecular complexity index is 823. The van der Waals surface area contributed by atoms with Crippen LogP contribution < -0.4 is 4.74 Å². The highest BCUT2D eigenvalue weighted by Gasteiger charge is 2.39. The van der Waals surface area contributed by atoms with E-state index in [2.05, 4.69) is 0 Å². The van der Waals surface area contributed by atoms with E-state index < -0.39 is 17.5 Å². The molecular formula is C16H10F3NO3. The number of fused-ring (bicyclic) bond motifs is 1. The van der Waals surface area contributed by atoms with Gasteiger partial charge >= 0.3 is 6.18 Å². The van der Waals surface area contributed by atoms with Gasteiger partial charge in [0, 0.05) is 0 Å². The van der Waals surface area contributed by atoms with Gasteiger partial charge in [0.05, 0.1) is 18.2 Å². The molecule has 1 aliphatic rings. The summed E-state index contributed by atoms with van der Waals surface area (Å²) in [4.78, 5) is 12.4. The molecule has 0 aliphatic carbocycles. The molecule has 0 spiro atoms. The molecule has 0 atom stereocenters. The van der Waals surface area contributed by atoms with Crippen LogP contribution in [0.25, 0.3) is 0 Å². The predicted molar refractivity (Wildman–Crippen MR) is 76.2 cm³/mol. The highest BCUT2D eigenvalue weighted by Crippen LogP contribution is 2.37. The van der Waals surface area contributed by atoms with Crippen LogP contribution in [-0.4, -0.2) is 23.3 Å². The highest BCUT2D eigenvalue weighted by atomic mass is 19.4. The molecule has 118 valence electrons. The van der Waals surface area contributed by atoms with Crippen molar-refractivity contribution in [2.45, 2.75) is 6.18 Å². The summed E-state index contributed by atoms with van der Waals surface area (Å²) in [5.41, 5.74) is -0.724. The zero-order valence-electron chi connectivity index (χ0n) is 11.8. The van der Waals surface area contributed by atoms with Crippen LogP contribution in [-0.2, 0) is 6.18 Å². The number of carbonyl (C=O) groups is 1. The average molecular weight is 321 g/mol. The summed E-state index contributed by atoms with van der Waals surface area (Å²) in [6, 6.07) is 8.47. The van der Waals surface area contributed by atoms with Gasteiger partial charge in [-0.2, -0.15) is 17.9 Å². The number of ether oxygens (including phenoxy) is 1. The SMILES string of the molecule is COc1cccc2c1[N+]([O-])=C(c1ccc(C(F)(F)F)cc1)C2=O. The normalized spacial score (nSPS) is 14.2. The van der Waals surface area contributed by atoms with E-state index in [4.69, 9.17) is 4.74 Å². The molecule has 2 aromatic carbocycles. The summed E-state index contributed by atoms with van der Waals surface area (Å²) < 4.78 is 43.3. The molecule has 7 heteroatoms. The van der Waals surface area contributed by atoms with Crippen molar-refractivity contribution in [1.29, 1.82) is 0 Å². The second-order valence-corrected chi connectivity index (χ2v) is 4.90. The van der Waals surface area contributed by atoms with E-state index in [1.54, 1.807) is 6.07 Å². The monoisotopic (exact) mass is 321 g/mol. The van der Waals surface area contributed by atoms with Crippen LogP contribution in [0.1, 0.15) is 21.5 Å². The lowest BCUT2D eigenvalue weighted by Crippen LogP contribution is -2.17. The molecule has 4 nitrogen and oxygen atoms in total. The van der Waals surface area contributed by atoms with Crippen LogP contribution in [0.5, 0.6) is 5.75 Å². The lowest BCUT2D eigenvalue weighted by Gasteiger charge is -2.07. The number of rotatable bonds is 2. The summed E-state index contributed by atoms with van der Waals surface area (Å²) in [6.07, 6.45) is -4.48. The van der Waals surface area contributed by atoms with Gasteiger partial charge in [0.1, 0.15) is 5.56 Å². The van der Waals surface area contributed by atoms with Crippen LogP contribution in [0.3, 0.4) is 0 Å². The molecule has 0 fully saturated rings. The molecule has 0 radical (unpaired) electrons. The summed E-state index contributed by atoms with van der Waals surface area (Å²) >= 11 is 0. The number of halogens is 3. The summed E-state index contributed by atoms with van der Waals surface area (Å²) in [5.74, 6) is -0.318. The number of methoxy groups -OCH3 is 1. The number of alkyl halides is 3. The first-order valence-electron chi connectivity index (χ1n) is 6.58. The van der Waals surface area contributed by atoms with Gasteiger partial charge in [-0.25, -0.2) is 0 Å². The molecule has 0 saturated heterocycles. The fraction of sp³-hybridized carbons (Fsp3) is 0.125. The molecule has 0 saturated carbocycles. The van der Waals surface area contributed by atoms with E-state index in [1.165, 1.54) is 19.2 Å². The van der Waals surface area contributed by atoms with E-state index in [0.29, 0.717) is 4.74 Å². The van der Waals surface area contributed by atoms with Crippen molar-refractivity contribution in [3.8, 4) is 5.75 Å². The maximum atomic E-state index is 12.6. The van der Waals surface area contributed by atoms with Gasteiger partial charge in [-0.05, 0) is 36.4 Å². The largest absolute Gasteiger partial charge is 0.618 e. The van der Waals surface area contributed by atoms with Crippen molar-refractivity contribution < 1.29 is 27.4 Å². The van der Waals surface area contributed by atoms with E-state index >= 15 is 0 Å². The number of ketones is 1. The summed E-state index contributed by atoms with van der Waals surface area (Å²) in [7, 11) is 1.37. The summed E-state index contributed by atoms with van der Waals surface area (Å²) in [6.45, 7) is 0. The Hall–Kier alpha value is -2.83. The topological polar surface area (TPSA) is 52.4 Å². The first-order valence-corrected chi connectivity index (χ1v) is 6.58. The molecule has 1 aliphatic heterocycles. The van der Waals surface area contributed by atoms with Crippen LogP contribution in [0.4, 0.5) is 18.9 Å². The van der Waals surface area contributed by atoms with E-state index in [9.17, 15) is 23.2 Å². The Morgan fingerprint density at radius 1 is 1.09 bits per heavy atom. The standard InChI is InChI=1S/C16H10F3NO3/c1-23-12-4-2-3-11-14(12)20(22)13(15(11)21)9-5-7-10(8-6-9)16(17,18)19/h2-8H,1H3. The second-order valence-electron chi connectivity index (χ2n) is 4.90. The molecule has 3 rings (SSSR count). The smallest absolute Gasteiger partial charge is 0.416 e. The van der Waals surface area contributed by atoms with Crippen LogP contribution in [0.2, 0.25) is 0 Å². The Kier molecular flexibility index (Phi) is 3.35. The number of carbonyl (C=O) groups excluding carboxylic acids is 1. The minimum atomic E-state index is -4.48. The van der Waals surface area contributed by atoms with Gasteiger partial charge in [0.25, 0.3) is 17.2 Å². The minimum absolute atomic E-state index is 0.0647. The van der Waals surface area contributed by atoms with Crippen molar-refractivity contribution in [3.05, 3.63) is 64.4 Å². The van der Waals surface area contributed by atoms with Crippen molar-refractivity contribution in [2.24, 2.45) is 0 Å². The van der Waals surface area contributed by atoms with Crippen molar-refractivity contribution in [1.82, 2.24) is 0 Å². The number of para-hydroxylation sites is 1. The minimum Gasteiger partial charge on any atom is -0.618 e. The van der Waals surface area contributed by atoms with Gasteiger partial charge in [0.15, 0.2) is 5.75 Å². The van der Waals surface area contributed by atoms with E-state index in [1.807, 2.05) is 0 Å². The van der Waals surface area contributed by atoms with Crippen molar-refractivity contribution in [3.63, 3.8) is 0 Å². The first-order chi connectivity index (χ1) is 10.8. The number of Topliss-reactive ketones (excluding diaryl/α,β-unsaturated/α-hetero) is 1. The van der Waals surface area contributed by atoms with Crippen molar-refractivity contribution >= 4 is 17.2 Å². The van der Waals surface area contributed by atoms with Crippen molar-refractivity contribution in [2.75, 3.05) is 7.11 Å². The Labute approximate surface area is 129 Å². The number of hydrogen-bond acceptors (Lipinski definition) is 3. The van der Waals surface area contributed by atoms with Crippen LogP contribution in [0.15, 0.2) is 42.5 Å². The Morgan fingerprint density at radius 3 is 2.30 bits per heavy atom. The van der Waals surface area contributed by atoms with Crippen LogP contribution in [0, 0.1) is 5.21 Å². The molecule has 2 aromatic rings. The van der Waals surface area contributed by atoms with E-state index in [0.717, 1.165) is 24.3 Å². The van der Waals surface area contributed by atoms with Gasteiger partial charge in [0.2, 0.25) is 0 Å². The fourth-order valence-corrected chi connectivity index (χ4v) is 2.48. The van der Waals surface area contributed by atoms with Gasteiger partial charge in [-0.15, -0.1) is 0 Å². The van der Waals surface area contributed by atoms with Gasteiger partial charge in [-0.1, -0.05) is 6.07 Å². The molecular weight excluding hydrogens is 311 g/mol. The predicted octanol–water partition coefficient (Wildman–Crippen LogP) is 3.54. The maximum Gasteiger partial charge on any atom is 0.416 e. The maximum absolute atomic E-state index is 12.6. The molecule has 0 unspecified atom stereocenters. The zero-order chi connectivity index (χ0) is 16.8. The Morgan fingerprint density at radius 2 is 1.74 bits per heavy atom. The third kappa shape index (κ3) is 2.34. The van der Waals surface area contributed by atoms with Crippen LogP contribution >= 0.6 is 0 Å². The molecule has 0 amide bonds. The molecule has 0 aromatic heterocycles. The first kappa shape index (κ1) is 15.1. The average Bonchev–Trinajstić information content (AvgIpc) is 2.78. The third-order valence-corrected chi connectivity index (χ3v) is 3.57. The molecule has 0 bridgehead atoms. The molecule has 1 heterocycles. The number of hydrogen-bond donors (Lipinski definition) is 0. The zero-order valence-corrected chi connectivity index (χ0v) is 11.8. The quantitative estimate of drug-likeness (QED) is 0.628. The highest BCUT2D eigenvalue weighted by molar-refractivity contribution is 6.52. The third-order valence-electron chi connectivity index (χ3n) is 3.57. The molecule has 23 heavy (non-hydrogen) atoms. The van der Waals surface area contributed by atoms with E-state index in [-0.39, 0.29) is 28.3 Å². The van der Waals surface area contributed by atoms with Gasteiger partial charge < -0.3 is 9.94 Å². The van der Waals surface area contributed by atoms with Gasteiger partial charge in [-0.3, -0.25) is 4.79 Å². The Balaban J connectivity index is 2.11.